The highest BCUT2D eigenvalue weighted by Crippen LogP contribution is 2.18. The molecule has 0 N–H and O–H groups in total. The summed E-state index contributed by atoms with van der Waals surface area (Å²) in [5, 5.41) is 36.7. The van der Waals surface area contributed by atoms with Crippen molar-refractivity contribution in [3.05, 3.63) is 58.8 Å². The van der Waals surface area contributed by atoms with Gasteiger partial charge in [-0.05, 0) is 6.07 Å². The minimum atomic E-state index is -1.17. The molecule has 1 aromatic rings. The molecule has 0 aliphatic rings. The van der Waals surface area contributed by atoms with Crippen molar-refractivity contribution >= 4 is 12.2 Å². The Morgan fingerprint density at radius 1 is 0.684 bits per heavy atom. The Labute approximate surface area is 209 Å². The van der Waals surface area contributed by atoms with E-state index in [4.69, 9.17) is 9.47 Å². The van der Waals surface area contributed by atoms with Crippen molar-refractivity contribution in [2.24, 2.45) is 0 Å². The van der Waals surface area contributed by atoms with Crippen molar-refractivity contribution in [3.8, 4) is 11.6 Å². The zero-order valence-corrected chi connectivity index (χ0v) is 19.1. The van der Waals surface area contributed by atoms with E-state index in [0.29, 0.717) is 0 Å². The van der Waals surface area contributed by atoms with Crippen molar-refractivity contribution in [2.75, 3.05) is 52.6 Å². The number of amides is 2. The molecule has 1 aromatic heterocycles. The van der Waals surface area contributed by atoms with Gasteiger partial charge in [0.05, 0.1) is 0 Å². The van der Waals surface area contributed by atoms with Crippen molar-refractivity contribution in [1.29, 1.82) is 0 Å². The summed E-state index contributed by atoms with van der Waals surface area (Å²) in [7, 11) is 0. The van der Waals surface area contributed by atoms with Gasteiger partial charge in [0.15, 0.2) is 0 Å². The number of rotatable bonds is 18. The lowest BCUT2D eigenvalue weighted by Crippen LogP contribution is -2.39. The lowest BCUT2D eigenvalue weighted by molar-refractivity contribution is -0.758. The van der Waals surface area contributed by atoms with Gasteiger partial charge in [-0.1, -0.05) is 0 Å². The van der Waals surface area contributed by atoms with E-state index in [9.17, 15) is 50.0 Å². The average Bonchev–Trinajstić information content (AvgIpc) is 2.81. The third kappa shape index (κ3) is 13.4. The largest absolute Gasteiger partial charge is 0.416 e. The van der Waals surface area contributed by atoms with Gasteiger partial charge in [-0.15, -0.1) is 40.5 Å². The number of pyridine rings is 1. The van der Waals surface area contributed by atoms with Crippen LogP contribution in [0.3, 0.4) is 0 Å². The van der Waals surface area contributed by atoms with Crippen molar-refractivity contribution < 1.29 is 58.8 Å². The number of hydrogen-bond donors (Lipinski definition) is 0. The molecular formula is C15H19N7O16. The lowest BCUT2D eigenvalue weighted by atomic mass is 10.4. The zero-order valence-electron chi connectivity index (χ0n) is 19.1. The van der Waals surface area contributed by atoms with E-state index < -0.39 is 91.0 Å². The molecule has 1 rings (SSSR count). The second-order valence-electron chi connectivity index (χ2n) is 6.27. The Kier molecular flexibility index (Phi) is 13.0. The Morgan fingerprint density at radius 3 is 1.42 bits per heavy atom. The molecule has 0 aliphatic carbocycles. The Morgan fingerprint density at radius 2 is 1.05 bits per heavy atom. The van der Waals surface area contributed by atoms with Crippen LogP contribution in [0.2, 0.25) is 0 Å². The van der Waals surface area contributed by atoms with Crippen LogP contribution in [0.25, 0.3) is 0 Å². The minimum absolute atomic E-state index is 0.247. The van der Waals surface area contributed by atoms with E-state index in [-0.39, 0.29) is 5.75 Å². The van der Waals surface area contributed by atoms with Crippen molar-refractivity contribution in [3.63, 3.8) is 0 Å². The molecule has 1 heterocycles. The standard InChI is InChI=1S/C15H19N7O16/c23-14(17(3-7-33-19(25)26)4-8-34-20(27)28)37-12-1-2-16-13(11-12)38-15(24)18(5-9-35-21(29)30)6-10-36-22(31)32/h1-2,11H,3-10H2. The van der Waals surface area contributed by atoms with Gasteiger partial charge in [-0.3, -0.25) is 0 Å². The molecule has 23 heteroatoms. The number of nitrogens with zero attached hydrogens (tertiary/aromatic N) is 7. The van der Waals surface area contributed by atoms with Gasteiger partial charge in [-0.25, -0.2) is 14.6 Å². The molecule has 0 radical (unpaired) electrons. The first kappa shape index (κ1) is 30.5. The quantitative estimate of drug-likeness (QED) is 0.164. The van der Waals surface area contributed by atoms with Gasteiger partial charge in [0.2, 0.25) is 5.88 Å². The molecule has 0 saturated carbocycles. The predicted octanol–water partition coefficient (Wildman–Crippen LogP) is -0.484. The molecular weight excluding hydrogens is 534 g/mol. The van der Waals surface area contributed by atoms with E-state index in [2.05, 4.69) is 24.3 Å². The average molecular weight is 553 g/mol. The van der Waals surface area contributed by atoms with Crippen LogP contribution in [0.15, 0.2) is 18.3 Å². The molecule has 0 spiro atoms. The topological polar surface area (TPSA) is 281 Å². The molecule has 0 unspecified atom stereocenters. The van der Waals surface area contributed by atoms with E-state index in [1.165, 1.54) is 0 Å². The molecule has 0 fully saturated rings. The Balaban J connectivity index is 2.84. The zero-order chi connectivity index (χ0) is 28.5. The summed E-state index contributed by atoms with van der Waals surface area (Å²) in [5.74, 6) is -0.682. The van der Waals surface area contributed by atoms with Gasteiger partial charge in [0.1, 0.15) is 32.2 Å². The third-order valence-corrected chi connectivity index (χ3v) is 3.85. The SMILES string of the molecule is O=C(Oc1ccnc(OC(=O)N(CCO[N+](=O)[O-])CCO[N+](=O)[O-])c1)N(CCO[N+](=O)[O-])CCO[N+](=O)[O-]. The highest BCUT2D eigenvalue weighted by Gasteiger charge is 2.20. The first-order chi connectivity index (χ1) is 18.0. The summed E-state index contributed by atoms with van der Waals surface area (Å²) in [5.41, 5.74) is 0. The number of carbonyl (C=O) groups excluding carboxylic acids is 2. The van der Waals surface area contributed by atoms with Crippen LogP contribution in [-0.4, -0.2) is 99.9 Å². The summed E-state index contributed by atoms with van der Waals surface area (Å²) in [6.45, 7) is -4.05. The molecule has 0 atom stereocenters. The van der Waals surface area contributed by atoms with Gasteiger partial charge in [-0.2, -0.15) is 0 Å². The molecule has 210 valence electrons. The fraction of sp³-hybridized carbons (Fsp3) is 0.533. The fourth-order valence-electron chi connectivity index (χ4n) is 2.32. The number of hydrogen-bond acceptors (Lipinski definition) is 17. The second-order valence-corrected chi connectivity index (χ2v) is 6.27. The van der Waals surface area contributed by atoms with Gasteiger partial charge in [0.25, 0.3) is 20.3 Å². The minimum Gasteiger partial charge on any atom is -0.410 e. The van der Waals surface area contributed by atoms with Crippen LogP contribution >= 0.6 is 0 Å². The number of ether oxygens (including phenoxy) is 2. The van der Waals surface area contributed by atoms with Crippen LogP contribution in [0.5, 0.6) is 11.6 Å². The number of carbonyl (C=O) groups is 2. The first-order valence-electron chi connectivity index (χ1n) is 9.96. The summed E-state index contributed by atoms with van der Waals surface area (Å²) in [4.78, 5) is 87.7. The van der Waals surface area contributed by atoms with Crippen molar-refractivity contribution in [2.45, 2.75) is 0 Å². The number of aromatic nitrogens is 1. The highest BCUT2D eigenvalue weighted by molar-refractivity contribution is 5.72. The van der Waals surface area contributed by atoms with Gasteiger partial charge >= 0.3 is 12.2 Å². The third-order valence-electron chi connectivity index (χ3n) is 3.85. The van der Waals surface area contributed by atoms with Crippen molar-refractivity contribution in [1.82, 2.24) is 14.8 Å². The Bertz CT molecular complexity index is 880. The highest BCUT2D eigenvalue weighted by atomic mass is 17.0. The fourth-order valence-corrected chi connectivity index (χ4v) is 2.32. The molecule has 23 nitrogen and oxygen atoms in total. The van der Waals surface area contributed by atoms with Gasteiger partial charge in [0, 0.05) is 38.4 Å². The molecule has 0 saturated heterocycles. The molecule has 0 aliphatic heterocycles. The summed E-state index contributed by atoms with van der Waals surface area (Å²) in [6.07, 6.45) is -1.25. The van der Waals surface area contributed by atoms with Crippen LogP contribution in [0.4, 0.5) is 9.59 Å². The van der Waals surface area contributed by atoms with Crippen LogP contribution < -0.4 is 9.47 Å². The monoisotopic (exact) mass is 553 g/mol. The van der Waals surface area contributed by atoms with Gasteiger partial charge < -0.3 is 38.6 Å². The molecule has 0 bridgehead atoms. The normalized spacial score (nSPS) is 9.89. The maximum absolute atomic E-state index is 12.4. The van der Waals surface area contributed by atoms with E-state index in [0.717, 1.165) is 28.1 Å². The molecule has 0 aromatic carbocycles. The van der Waals surface area contributed by atoms with Crippen LogP contribution in [0.1, 0.15) is 0 Å². The van der Waals surface area contributed by atoms with Crippen LogP contribution in [0, 0.1) is 40.5 Å². The Hall–Kier alpha value is -5.51. The smallest absolute Gasteiger partial charge is 0.410 e. The van der Waals surface area contributed by atoms with E-state index in [1.807, 2.05) is 0 Å². The van der Waals surface area contributed by atoms with E-state index in [1.54, 1.807) is 0 Å². The van der Waals surface area contributed by atoms with E-state index >= 15 is 0 Å². The van der Waals surface area contributed by atoms with Crippen LogP contribution in [-0.2, 0) is 19.4 Å². The lowest BCUT2D eigenvalue weighted by Gasteiger charge is -2.21. The predicted molar refractivity (Wildman–Crippen MR) is 111 cm³/mol. The molecule has 38 heavy (non-hydrogen) atoms. The summed E-state index contributed by atoms with van der Waals surface area (Å²) < 4.78 is 10.0. The second kappa shape index (κ2) is 16.2. The summed E-state index contributed by atoms with van der Waals surface area (Å²) >= 11 is 0. The maximum atomic E-state index is 12.4. The maximum Gasteiger partial charge on any atom is 0.416 e. The first-order valence-corrected chi connectivity index (χ1v) is 9.96. The summed E-state index contributed by atoms with van der Waals surface area (Å²) in [6, 6.07) is 2.12. The molecule has 2 amide bonds.